The minimum Gasteiger partial charge on any atom is -0.481 e. The van der Waals surface area contributed by atoms with Crippen molar-refractivity contribution < 1.29 is 14.7 Å². The quantitative estimate of drug-likeness (QED) is 0.663. The zero-order valence-electron chi connectivity index (χ0n) is 10.6. The van der Waals surface area contributed by atoms with E-state index in [1.54, 1.807) is 0 Å². The number of urea groups is 1. The molecule has 0 aromatic heterocycles. The predicted octanol–water partition coefficient (Wildman–Crippen LogP) is 1.73. The van der Waals surface area contributed by atoms with E-state index in [0.29, 0.717) is 6.42 Å². The van der Waals surface area contributed by atoms with Gasteiger partial charge in [0.1, 0.15) is 0 Å². The Labute approximate surface area is 102 Å². The van der Waals surface area contributed by atoms with E-state index in [1.807, 2.05) is 13.8 Å². The van der Waals surface area contributed by atoms with Crippen LogP contribution in [-0.2, 0) is 4.79 Å². The molecule has 1 unspecified atom stereocenters. The van der Waals surface area contributed by atoms with Gasteiger partial charge in [0.25, 0.3) is 0 Å². The molecule has 0 aromatic carbocycles. The van der Waals surface area contributed by atoms with Gasteiger partial charge in [-0.15, -0.1) is 0 Å². The topological polar surface area (TPSA) is 78.4 Å². The van der Waals surface area contributed by atoms with E-state index in [0.717, 1.165) is 25.7 Å². The molecular formula is C12H22N2O3. The normalized spacial score (nSPS) is 18.9. The highest BCUT2D eigenvalue weighted by Gasteiger charge is 2.33. The molecule has 17 heavy (non-hydrogen) atoms. The molecule has 0 bridgehead atoms. The third kappa shape index (κ3) is 4.24. The number of hydrogen-bond acceptors (Lipinski definition) is 2. The highest BCUT2D eigenvalue weighted by Crippen LogP contribution is 2.30. The summed E-state index contributed by atoms with van der Waals surface area (Å²) in [5.41, 5.74) is -0.0897. The molecule has 1 rings (SSSR count). The predicted molar refractivity (Wildman–Crippen MR) is 64.8 cm³/mol. The number of aliphatic carboxylic acids is 1. The van der Waals surface area contributed by atoms with Gasteiger partial charge in [-0.05, 0) is 32.6 Å². The summed E-state index contributed by atoms with van der Waals surface area (Å²) in [7, 11) is 0. The molecule has 3 N–H and O–H groups in total. The number of amides is 2. The molecule has 1 fully saturated rings. The largest absolute Gasteiger partial charge is 0.481 e. The Morgan fingerprint density at radius 3 is 2.47 bits per heavy atom. The first kappa shape index (κ1) is 13.8. The maximum Gasteiger partial charge on any atom is 0.315 e. The molecule has 5 nitrogen and oxygen atoms in total. The number of rotatable bonds is 6. The van der Waals surface area contributed by atoms with Gasteiger partial charge >= 0.3 is 12.0 Å². The summed E-state index contributed by atoms with van der Waals surface area (Å²) in [6, 6.07) is -0.255. The van der Waals surface area contributed by atoms with E-state index in [1.165, 1.54) is 0 Å². The fraction of sp³-hybridized carbons (Fsp3) is 0.833. The lowest BCUT2D eigenvalue weighted by Crippen LogP contribution is -2.54. The summed E-state index contributed by atoms with van der Waals surface area (Å²) in [5, 5.41) is 14.5. The molecule has 1 atom stereocenters. The van der Waals surface area contributed by atoms with Crippen molar-refractivity contribution in [2.45, 2.75) is 51.5 Å². The molecule has 1 aliphatic rings. The minimum atomic E-state index is -0.845. The minimum absolute atomic E-state index is 0.0897. The second kappa shape index (κ2) is 5.89. The lowest BCUT2D eigenvalue weighted by atomic mass is 9.79. The van der Waals surface area contributed by atoms with Gasteiger partial charge < -0.3 is 15.7 Å². The number of carbonyl (C=O) groups excluding carboxylic acids is 1. The van der Waals surface area contributed by atoms with Crippen LogP contribution < -0.4 is 10.6 Å². The lowest BCUT2D eigenvalue weighted by molar-refractivity contribution is -0.141. The van der Waals surface area contributed by atoms with Crippen LogP contribution in [0.2, 0.25) is 0 Å². The number of hydrogen-bond donors (Lipinski definition) is 3. The summed E-state index contributed by atoms with van der Waals surface area (Å²) in [5.74, 6) is -1.33. The summed E-state index contributed by atoms with van der Waals surface area (Å²) in [6.45, 7) is 4.15. The molecule has 0 spiro atoms. The van der Waals surface area contributed by atoms with Crippen molar-refractivity contribution in [1.29, 1.82) is 0 Å². The summed E-state index contributed by atoms with van der Waals surface area (Å²) in [6.07, 6.45) is 4.53. The highest BCUT2D eigenvalue weighted by atomic mass is 16.4. The average molecular weight is 242 g/mol. The molecule has 0 radical (unpaired) electrons. The van der Waals surface area contributed by atoms with Crippen LogP contribution in [0.4, 0.5) is 4.79 Å². The maximum absolute atomic E-state index is 11.6. The monoisotopic (exact) mass is 242 g/mol. The Balaban J connectivity index is 2.28. The first-order chi connectivity index (χ1) is 7.97. The molecule has 98 valence electrons. The van der Waals surface area contributed by atoms with Crippen LogP contribution in [0.25, 0.3) is 0 Å². The van der Waals surface area contributed by atoms with Crippen molar-refractivity contribution in [2.24, 2.45) is 5.92 Å². The molecule has 0 heterocycles. The van der Waals surface area contributed by atoms with Crippen LogP contribution in [0, 0.1) is 5.92 Å². The fourth-order valence-electron chi connectivity index (χ4n) is 2.03. The van der Waals surface area contributed by atoms with Crippen molar-refractivity contribution in [3.8, 4) is 0 Å². The van der Waals surface area contributed by atoms with E-state index in [2.05, 4.69) is 10.6 Å². The van der Waals surface area contributed by atoms with Gasteiger partial charge in [0.2, 0.25) is 0 Å². The third-order valence-corrected chi connectivity index (χ3v) is 3.37. The molecule has 0 saturated heterocycles. The SMILES string of the molecule is CCCC(CNC(=O)NC1(C)CCC1)C(=O)O. The highest BCUT2D eigenvalue weighted by molar-refractivity contribution is 5.76. The van der Waals surface area contributed by atoms with Crippen molar-refractivity contribution in [3.63, 3.8) is 0 Å². The zero-order chi connectivity index (χ0) is 12.9. The number of carboxylic acid groups (broad SMARTS) is 1. The first-order valence-electron chi connectivity index (χ1n) is 6.25. The lowest BCUT2D eigenvalue weighted by Gasteiger charge is -2.39. The summed E-state index contributed by atoms with van der Waals surface area (Å²) >= 11 is 0. The van der Waals surface area contributed by atoms with Crippen LogP contribution in [0.3, 0.4) is 0 Å². The fourth-order valence-corrected chi connectivity index (χ4v) is 2.03. The smallest absolute Gasteiger partial charge is 0.315 e. The molecule has 5 heteroatoms. The van der Waals surface area contributed by atoms with Crippen LogP contribution in [0.15, 0.2) is 0 Å². The Morgan fingerprint density at radius 2 is 2.06 bits per heavy atom. The average Bonchev–Trinajstić information content (AvgIpc) is 2.21. The Morgan fingerprint density at radius 1 is 1.41 bits per heavy atom. The Hall–Kier alpha value is -1.26. The van der Waals surface area contributed by atoms with Crippen LogP contribution in [0.1, 0.15) is 46.0 Å². The van der Waals surface area contributed by atoms with Gasteiger partial charge in [-0.3, -0.25) is 4.79 Å². The van der Waals surface area contributed by atoms with E-state index >= 15 is 0 Å². The number of nitrogens with one attached hydrogen (secondary N) is 2. The number of carbonyl (C=O) groups is 2. The van der Waals surface area contributed by atoms with E-state index < -0.39 is 11.9 Å². The summed E-state index contributed by atoms with van der Waals surface area (Å²) in [4.78, 5) is 22.5. The third-order valence-electron chi connectivity index (χ3n) is 3.37. The van der Waals surface area contributed by atoms with Gasteiger partial charge in [-0.1, -0.05) is 13.3 Å². The van der Waals surface area contributed by atoms with Gasteiger partial charge in [-0.2, -0.15) is 0 Å². The molecule has 0 aromatic rings. The van der Waals surface area contributed by atoms with Crippen molar-refractivity contribution in [2.75, 3.05) is 6.54 Å². The van der Waals surface area contributed by atoms with E-state index in [4.69, 9.17) is 5.11 Å². The van der Waals surface area contributed by atoms with Crippen LogP contribution in [0.5, 0.6) is 0 Å². The van der Waals surface area contributed by atoms with Crippen molar-refractivity contribution in [3.05, 3.63) is 0 Å². The maximum atomic E-state index is 11.6. The standard InChI is InChI=1S/C12H22N2O3/c1-3-5-9(10(15)16)8-13-11(17)14-12(2)6-4-7-12/h9H,3-8H2,1-2H3,(H,15,16)(H2,13,14,17). The van der Waals surface area contributed by atoms with Gasteiger partial charge in [0, 0.05) is 12.1 Å². The van der Waals surface area contributed by atoms with Crippen molar-refractivity contribution >= 4 is 12.0 Å². The van der Waals surface area contributed by atoms with Crippen molar-refractivity contribution in [1.82, 2.24) is 10.6 Å². The second-order valence-corrected chi connectivity index (χ2v) is 5.07. The van der Waals surface area contributed by atoms with Gasteiger partial charge in [-0.25, -0.2) is 4.79 Å². The zero-order valence-corrected chi connectivity index (χ0v) is 10.6. The molecule has 2 amide bonds. The molecule has 1 saturated carbocycles. The van der Waals surface area contributed by atoms with Crippen LogP contribution in [-0.4, -0.2) is 29.2 Å². The van der Waals surface area contributed by atoms with Gasteiger partial charge in [0.15, 0.2) is 0 Å². The second-order valence-electron chi connectivity index (χ2n) is 5.07. The summed E-state index contributed by atoms with van der Waals surface area (Å²) < 4.78 is 0. The van der Waals surface area contributed by atoms with Crippen LogP contribution >= 0.6 is 0 Å². The molecule has 0 aliphatic heterocycles. The molecular weight excluding hydrogens is 220 g/mol. The van der Waals surface area contributed by atoms with Gasteiger partial charge in [0.05, 0.1) is 5.92 Å². The number of carboxylic acids is 1. The Kier molecular flexibility index (Phi) is 4.78. The Bertz CT molecular complexity index is 287. The van der Waals surface area contributed by atoms with E-state index in [-0.39, 0.29) is 18.1 Å². The molecule has 1 aliphatic carbocycles. The first-order valence-corrected chi connectivity index (χ1v) is 6.25. The van der Waals surface area contributed by atoms with E-state index in [9.17, 15) is 9.59 Å².